The van der Waals surface area contributed by atoms with Gasteiger partial charge < -0.3 is 9.87 Å². The van der Waals surface area contributed by atoms with Crippen molar-refractivity contribution >= 4 is 11.4 Å². The smallest absolute Gasteiger partial charge is 0.140 e. The minimum absolute atomic E-state index is 0.277. The van der Waals surface area contributed by atoms with E-state index in [0.29, 0.717) is 11.8 Å². The molecule has 0 aromatic carbocycles. The molecule has 2 atom stereocenters. The lowest BCUT2D eigenvalue weighted by Crippen LogP contribution is -2.44. The largest absolute Gasteiger partial charge is 0.598 e. The highest BCUT2D eigenvalue weighted by molar-refractivity contribution is 7.90. The van der Waals surface area contributed by atoms with Crippen LogP contribution in [-0.2, 0) is 17.8 Å². The standard InChI is InChI=1S/C19H29N3OS/c1-18(2,24(20)23)11-15-14-5-6-16(13-3-4-13)22-17(14)12-19(15)7-9-21-10-8-19/h5-6,13,15,21H,3-4,7-12,20H2,1-2H3/t15-,24?/m1/s1. The average molecular weight is 348 g/mol. The third kappa shape index (κ3) is 2.90. The summed E-state index contributed by atoms with van der Waals surface area (Å²) in [6.07, 6.45) is 6.92. The Morgan fingerprint density at radius 1 is 1.33 bits per heavy atom. The summed E-state index contributed by atoms with van der Waals surface area (Å²) in [5, 5.41) is 9.31. The number of piperidine rings is 1. The summed E-state index contributed by atoms with van der Waals surface area (Å²) in [6.45, 7) is 6.24. The highest BCUT2D eigenvalue weighted by Crippen LogP contribution is 2.56. The zero-order valence-corrected chi connectivity index (χ0v) is 15.6. The van der Waals surface area contributed by atoms with E-state index in [0.717, 1.165) is 25.9 Å². The van der Waals surface area contributed by atoms with Gasteiger partial charge in [0.15, 0.2) is 0 Å². The van der Waals surface area contributed by atoms with Gasteiger partial charge in [0.05, 0.1) is 0 Å². The summed E-state index contributed by atoms with van der Waals surface area (Å²) in [5.41, 5.74) is 4.28. The summed E-state index contributed by atoms with van der Waals surface area (Å²) in [7, 11) is 0. The van der Waals surface area contributed by atoms with Gasteiger partial charge >= 0.3 is 0 Å². The lowest BCUT2D eigenvalue weighted by atomic mass is 9.67. The van der Waals surface area contributed by atoms with E-state index in [1.54, 1.807) is 0 Å². The van der Waals surface area contributed by atoms with E-state index >= 15 is 0 Å². The molecule has 0 bridgehead atoms. The normalized spacial score (nSPS) is 27.2. The molecule has 1 aromatic rings. The van der Waals surface area contributed by atoms with Gasteiger partial charge in [0.1, 0.15) is 4.75 Å². The molecule has 1 saturated carbocycles. The van der Waals surface area contributed by atoms with E-state index in [1.165, 1.54) is 42.6 Å². The number of nitrogens with two attached hydrogens (primary N) is 1. The van der Waals surface area contributed by atoms with E-state index in [2.05, 4.69) is 17.4 Å². The van der Waals surface area contributed by atoms with Crippen molar-refractivity contribution in [1.29, 1.82) is 0 Å². The Morgan fingerprint density at radius 3 is 2.67 bits per heavy atom. The lowest BCUT2D eigenvalue weighted by molar-refractivity contribution is 0.157. The molecule has 1 unspecified atom stereocenters. The van der Waals surface area contributed by atoms with Crippen molar-refractivity contribution < 1.29 is 4.55 Å². The van der Waals surface area contributed by atoms with Crippen molar-refractivity contribution in [2.75, 3.05) is 13.1 Å². The van der Waals surface area contributed by atoms with E-state index in [1.807, 2.05) is 13.8 Å². The number of nitrogens with one attached hydrogen (secondary N) is 1. The maximum Gasteiger partial charge on any atom is 0.140 e. The molecule has 3 N–H and O–H groups in total. The van der Waals surface area contributed by atoms with E-state index in [-0.39, 0.29) is 10.2 Å². The van der Waals surface area contributed by atoms with Crippen LogP contribution in [0.4, 0.5) is 0 Å². The van der Waals surface area contributed by atoms with Crippen molar-refractivity contribution in [3.05, 3.63) is 29.1 Å². The number of nitrogens with zero attached hydrogens (tertiary/aromatic N) is 1. The maximum atomic E-state index is 12.0. The van der Waals surface area contributed by atoms with Crippen LogP contribution in [0.25, 0.3) is 0 Å². The fourth-order valence-electron chi connectivity index (χ4n) is 4.73. The zero-order chi connectivity index (χ0) is 16.9. The van der Waals surface area contributed by atoms with Gasteiger partial charge in [0.25, 0.3) is 0 Å². The summed E-state index contributed by atoms with van der Waals surface area (Å²) >= 11 is -1.31. The van der Waals surface area contributed by atoms with Crippen molar-refractivity contribution in [1.82, 2.24) is 10.3 Å². The molecule has 24 heavy (non-hydrogen) atoms. The first-order valence-corrected chi connectivity index (χ1v) is 10.5. The van der Waals surface area contributed by atoms with Crippen LogP contribution in [0.15, 0.2) is 12.1 Å². The van der Waals surface area contributed by atoms with Gasteiger partial charge in [-0.25, -0.2) is 0 Å². The molecule has 2 heterocycles. The van der Waals surface area contributed by atoms with Gasteiger partial charge in [0, 0.05) is 35.1 Å². The second-order valence-corrected chi connectivity index (χ2v) is 10.3. The monoisotopic (exact) mass is 347 g/mol. The number of rotatable bonds is 4. The second kappa shape index (κ2) is 5.97. The highest BCUT2D eigenvalue weighted by Gasteiger charge is 2.50. The molecule has 5 heteroatoms. The zero-order valence-electron chi connectivity index (χ0n) is 14.8. The van der Waals surface area contributed by atoms with Gasteiger partial charge in [0.2, 0.25) is 0 Å². The van der Waals surface area contributed by atoms with Gasteiger partial charge in [-0.05, 0) is 82.0 Å². The van der Waals surface area contributed by atoms with Gasteiger partial charge in [-0.3, -0.25) is 4.98 Å². The van der Waals surface area contributed by atoms with Crippen LogP contribution in [0.3, 0.4) is 0 Å². The Balaban J connectivity index is 1.69. The van der Waals surface area contributed by atoms with Gasteiger partial charge in [-0.15, -0.1) is 0 Å². The van der Waals surface area contributed by atoms with E-state index in [9.17, 15) is 4.55 Å². The molecular formula is C19H29N3OS. The Morgan fingerprint density at radius 2 is 2.04 bits per heavy atom. The Labute approximate surface area is 148 Å². The molecule has 1 saturated heterocycles. The Kier molecular flexibility index (Phi) is 4.19. The average Bonchev–Trinajstić information content (AvgIpc) is 3.35. The number of pyridine rings is 1. The predicted octanol–water partition coefficient (Wildman–Crippen LogP) is 2.76. The molecule has 0 amide bonds. The Hall–Kier alpha value is -0.620. The fourth-order valence-corrected chi connectivity index (χ4v) is 5.06. The maximum absolute atomic E-state index is 12.0. The van der Waals surface area contributed by atoms with E-state index in [4.69, 9.17) is 10.1 Å². The van der Waals surface area contributed by atoms with Crippen LogP contribution in [0, 0.1) is 5.41 Å². The van der Waals surface area contributed by atoms with Crippen molar-refractivity contribution in [3.63, 3.8) is 0 Å². The molecule has 1 aromatic heterocycles. The third-order valence-electron chi connectivity index (χ3n) is 6.50. The van der Waals surface area contributed by atoms with Crippen molar-refractivity contribution in [2.24, 2.45) is 10.6 Å². The second-order valence-electron chi connectivity index (χ2n) is 8.65. The molecule has 132 valence electrons. The minimum Gasteiger partial charge on any atom is -0.598 e. The molecule has 3 aliphatic rings. The molecule has 1 spiro atoms. The Bertz CT molecular complexity index is 621. The first-order chi connectivity index (χ1) is 11.4. The van der Waals surface area contributed by atoms with Crippen LogP contribution in [0.1, 0.15) is 74.7 Å². The first kappa shape index (κ1) is 16.8. The topological polar surface area (TPSA) is 74.0 Å². The van der Waals surface area contributed by atoms with Crippen LogP contribution < -0.4 is 10.5 Å². The summed E-state index contributed by atoms with van der Waals surface area (Å²) in [4.78, 5) is 5.06. The lowest BCUT2D eigenvalue weighted by Gasteiger charge is -2.42. The summed E-state index contributed by atoms with van der Waals surface area (Å²) in [5.74, 6) is 1.13. The van der Waals surface area contributed by atoms with Crippen LogP contribution in [0.2, 0.25) is 0 Å². The predicted molar refractivity (Wildman–Crippen MR) is 98.2 cm³/mol. The van der Waals surface area contributed by atoms with Crippen molar-refractivity contribution in [2.45, 2.75) is 69.0 Å². The van der Waals surface area contributed by atoms with E-state index < -0.39 is 11.4 Å². The fraction of sp³-hybridized carbons (Fsp3) is 0.737. The quantitative estimate of drug-likeness (QED) is 0.821. The summed E-state index contributed by atoms with van der Waals surface area (Å²) < 4.78 is 11.7. The molecule has 4 rings (SSSR count). The molecule has 2 fully saturated rings. The summed E-state index contributed by atoms with van der Waals surface area (Å²) in [6, 6.07) is 4.57. The number of fused-ring (bicyclic) bond motifs is 1. The molecule has 4 nitrogen and oxygen atoms in total. The molecule has 0 radical (unpaired) electrons. The minimum atomic E-state index is -1.31. The van der Waals surface area contributed by atoms with Crippen LogP contribution in [-0.4, -0.2) is 27.4 Å². The van der Waals surface area contributed by atoms with Gasteiger partial charge in [-0.1, -0.05) is 6.07 Å². The number of hydrogen-bond donors (Lipinski definition) is 2. The first-order valence-electron chi connectivity index (χ1n) is 9.28. The third-order valence-corrected chi connectivity index (χ3v) is 7.76. The van der Waals surface area contributed by atoms with Crippen molar-refractivity contribution in [3.8, 4) is 0 Å². The van der Waals surface area contributed by atoms with Crippen LogP contribution >= 0.6 is 0 Å². The van der Waals surface area contributed by atoms with Crippen LogP contribution in [0.5, 0.6) is 0 Å². The highest BCUT2D eigenvalue weighted by atomic mass is 32.2. The van der Waals surface area contributed by atoms with Gasteiger partial charge in [-0.2, -0.15) is 5.14 Å². The molecule has 1 aliphatic heterocycles. The number of aromatic nitrogens is 1. The molecular weight excluding hydrogens is 318 g/mol. The SMILES string of the molecule is CC(C)(C[C@@H]1c2ccc(C3CC3)nc2CC12CCNCC2)[S+](N)[O-]. The molecule has 2 aliphatic carbocycles. The number of hydrogen-bond acceptors (Lipinski definition) is 4.